The van der Waals surface area contributed by atoms with Crippen LogP contribution in [-0.4, -0.2) is 18.9 Å². The van der Waals surface area contributed by atoms with Crippen molar-refractivity contribution in [2.24, 2.45) is 0 Å². The van der Waals surface area contributed by atoms with Crippen molar-refractivity contribution in [2.75, 3.05) is 7.11 Å². The fraction of sp³-hybridized carbons (Fsp3) is 0.200. The molecule has 2 N–H and O–H groups in total. The third kappa shape index (κ3) is 5.03. The molecule has 0 spiro atoms. The number of thiophene rings is 1. The van der Waals surface area contributed by atoms with E-state index in [2.05, 4.69) is 22.8 Å². The summed E-state index contributed by atoms with van der Waals surface area (Å²) in [4.78, 5) is 26.9. The van der Waals surface area contributed by atoms with E-state index in [0.717, 1.165) is 29.7 Å². The van der Waals surface area contributed by atoms with Crippen molar-refractivity contribution < 1.29 is 14.3 Å². The third-order valence-electron chi connectivity index (χ3n) is 5.35. The number of aryl methyl sites for hydroxylation is 1. The molecule has 0 aliphatic heterocycles. The standard InChI is InChI=1S/C25H24N2O3S/c1-30-19-13-11-18(12-14-19)24(28)27-23(16-20-8-5-15-31-20)25(29)26-22-10-4-7-17-6-2-3-9-21(17)22/h2-3,5-6,8-9,11-16,22H,4,7,10H2,1H3,(H,26,29)(H,27,28)/b23-16-/t22-/m1/s1. The van der Waals surface area contributed by atoms with Crippen LogP contribution in [0, 0.1) is 0 Å². The van der Waals surface area contributed by atoms with Crippen molar-refractivity contribution >= 4 is 29.2 Å². The minimum atomic E-state index is -0.343. The van der Waals surface area contributed by atoms with Gasteiger partial charge in [-0.2, -0.15) is 0 Å². The van der Waals surface area contributed by atoms with Gasteiger partial charge in [0.05, 0.1) is 13.2 Å². The maximum absolute atomic E-state index is 13.2. The summed E-state index contributed by atoms with van der Waals surface area (Å²) in [6.45, 7) is 0. The monoisotopic (exact) mass is 432 g/mol. The highest BCUT2D eigenvalue weighted by atomic mass is 32.1. The molecule has 0 radical (unpaired) electrons. The fourth-order valence-corrected chi connectivity index (χ4v) is 4.41. The molecular weight excluding hydrogens is 408 g/mol. The van der Waals surface area contributed by atoms with Crippen LogP contribution in [0.4, 0.5) is 0 Å². The molecule has 0 unspecified atom stereocenters. The molecule has 0 bridgehead atoms. The minimum Gasteiger partial charge on any atom is -0.497 e. The van der Waals surface area contributed by atoms with Crippen molar-refractivity contribution in [3.63, 3.8) is 0 Å². The van der Waals surface area contributed by atoms with E-state index in [1.54, 1.807) is 37.5 Å². The molecule has 5 nitrogen and oxygen atoms in total. The van der Waals surface area contributed by atoms with Gasteiger partial charge in [0.15, 0.2) is 0 Å². The summed E-state index contributed by atoms with van der Waals surface area (Å²) in [5, 5.41) is 7.86. The number of methoxy groups -OCH3 is 1. The summed E-state index contributed by atoms with van der Waals surface area (Å²) in [5.74, 6) is 0.0289. The number of nitrogens with one attached hydrogen (secondary N) is 2. The summed E-state index contributed by atoms with van der Waals surface area (Å²) < 4.78 is 5.15. The van der Waals surface area contributed by atoms with E-state index in [0.29, 0.717) is 11.3 Å². The molecular formula is C25H24N2O3S. The number of carbonyl (C=O) groups is 2. The van der Waals surface area contributed by atoms with E-state index in [4.69, 9.17) is 4.74 Å². The van der Waals surface area contributed by atoms with Gasteiger partial charge in [0.2, 0.25) is 0 Å². The number of rotatable bonds is 6. The van der Waals surface area contributed by atoms with Gasteiger partial charge in [-0.1, -0.05) is 30.3 Å². The third-order valence-corrected chi connectivity index (χ3v) is 6.17. The molecule has 0 saturated carbocycles. The van der Waals surface area contributed by atoms with Crippen LogP contribution in [0.15, 0.2) is 71.7 Å². The molecule has 1 aliphatic rings. The van der Waals surface area contributed by atoms with Crippen molar-refractivity contribution in [3.8, 4) is 5.75 Å². The smallest absolute Gasteiger partial charge is 0.268 e. The Kier molecular flexibility index (Phi) is 6.48. The first-order valence-electron chi connectivity index (χ1n) is 10.2. The van der Waals surface area contributed by atoms with Crippen molar-refractivity contribution in [2.45, 2.75) is 25.3 Å². The second-order valence-electron chi connectivity index (χ2n) is 7.37. The lowest BCUT2D eigenvalue weighted by atomic mass is 9.87. The number of benzene rings is 2. The Morgan fingerprint density at radius 3 is 2.61 bits per heavy atom. The quantitative estimate of drug-likeness (QED) is 0.554. The molecule has 0 saturated heterocycles. The molecule has 4 rings (SSSR count). The first kappa shape index (κ1) is 20.9. The Hall–Kier alpha value is -3.38. The van der Waals surface area contributed by atoms with Crippen LogP contribution < -0.4 is 15.4 Å². The summed E-state index contributed by atoms with van der Waals surface area (Å²) in [6, 6.07) is 18.7. The number of amides is 2. The van der Waals surface area contributed by atoms with Gasteiger partial charge in [-0.25, -0.2) is 0 Å². The van der Waals surface area contributed by atoms with Crippen molar-refractivity contribution in [1.29, 1.82) is 0 Å². The van der Waals surface area contributed by atoms with E-state index in [9.17, 15) is 9.59 Å². The fourth-order valence-electron chi connectivity index (χ4n) is 3.75. The van der Waals surface area contributed by atoms with Crippen LogP contribution in [0.3, 0.4) is 0 Å². The van der Waals surface area contributed by atoms with Crippen LogP contribution in [-0.2, 0) is 11.2 Å². The van der Waals surface area contributed by atoms with E-state index < -0.39 is 0 Å². The van der Waals surface area contributed by atoms with Gasteiger partial charge >= 0.3 is 0 Å². The second kappa shape index (κ2) is 9.62. The molecule has 158 valence electrons. The number of hydrogen-bond acceptors (Lipinski definition) is 4. The lowest BCUT2D eigenvalue weighted by Crippen LogP contribution is -2.37. The van der Waals surface area contributed by atoms with Crippen LogP contribution in [0.5, 0.6) is 5.75 Å². The normalized spacial score (nSPS) is 15.6. The summed E-state index contributed by atoms with van der Waals surface area (Å²) >= 11 is 1.51. The number of carbonyl (C=O) groups excluding carboxylic acids is 2. The lowest BCUT2D eigenvalue weighted by molar-refractivity contribution is -0.118. The zero-order valence-corrected chi connectivity index (χ0v) is 18.1. The molecule has 1 aromatic heterocycles. The molecule has 1 heterocycles. The zero-order chi connectivity index (χ0) is 21.6. The van der Waals surface area contributed by atoms with Crippen LogP contribution in [0.25, 0.3) is 6.08 Å². The molecule has 2 amide bonds. The first-order valence-corrected chi connectivity index (χ1v) is 11.1. The SMILES string of the molecule is COc1ccc(C(=O)N/C(=C\c2cccs2)C(=O)N[C@@H]2CCCc3ccccc32)cc1. The van der Waals surface area contributed by atoms with Gasteiger partial charge in [-0.05, 0) is 72.2 Å². The van der Waals surface area contributed by atoms with E-state index >= 15 is 0 Å². The van der Waals surface area contributed by atoms with Gasteiger partial charge in [0, 0.05) is 10.4 Å². The Bertz CT molecular complexity index is 1090. The second-order valence-corrected chi connectivity index (χ2v) is 8.35. The Morgan fingerprint density at radius 2 is 1.87 bits per heavy atom. The number of fused-ring (bicyclic) bond motifs is 1. The molecule has 6 heteroatoms. The van der Waals surface area contributed by atoms with Crippen molar-refractivity contribution in [1.82, 2.24) is 10.6 Å². The van der Waals surface area contributed by atoms with Crippen LogP contribution >= 0.6 is 11.3 Å². The van der Waals surface area contributed by atoms with E-state index in [-0.39, 0.29) is 23.6 Å². The Labute approximate surface area is 185 Å². The van der Waals surface area contributed by atoms with Crippen LogP contribution in [0.2, 0.25) is 0 Å². The average Bonchev–Trinajstić information content (AvgIpc) is 3.32. The molecule has 2 aromatic carbocycles. The van der Waals surface area contributed by atoms with Gasteiger partial charge in [0.25, 0.3) is 11.8 Å². The van der Waals surface area contributed by atoms with Crippen LogP contribution in [0.1, 0.15) is 45.2 Å². The minimum absolute atomic E-state index is 0.0675. The van der Waals surface area contributed by atoms with Crippen molar-refractivity contribution in [3.05, 3.63) is 93.3 Å². The Balaban J connectivity index is 1.55. The average molecular weight is 433 g/mol. The summed E-state index contributed by atoms with van der Waals surface area (Å²) in [5.41, 5.74) is 3.10. The predicted molar refractivity (Wildman–Crippen MR) is 123 cm³/mol. The van der Waals surface area contributed by atoms with Gasteiger partial charge in [-0.3, -0.25) is 9.59 Å². The highest BCUT2D eigenvalue weighted by molar-refractivity contribution is 7.10. The largest absolute Gasteiger partial charge is 0.497 e. The number of hydrogen-bond donors (Lipinski definition) is 2. The number of ether oxygens (including phenoxy) is 1. The molecule has 31 heavy (non-hydrogen) atoms. The summed E-state index contributed by atoms with van der Waals surface area (Å²) in [7, 11) is 1.57. The molecule has 1 atom stereocenters. The Morgan fingerprint density at radius 1 is 1.06 bits per heavy atom. The maximum atomic E-state index is 13.2. The van der Waals surface area contributed by atoms with Gasteiger partial charge < -0.3 is 15.4 Å². The highest BCUT2D eigenvalue weighted by Crippen LogP contribution is 2.29. The summed E-state index contributed by atoms with van der Waals surface area (Å²) in [6.07, 6.45) is 4.64. The van der Waals surface area contributed by atoms with Gasteiger partial charge in [-0.15, -0.1) is 11.3 Å². The molecule has 3 aromatic rings. The van der Waals surface area contributed by atoms with E-state index in [1.807, 2.05) is 29.6 Å². The lowest BCUT2D eigenvalue weighted by Gasteiger charge is -2.26. The molecule has 0 fully saturated rings. The van der Waals surface area contributed by atoms with Gasteiger partial charge in [0.1, 0.15) is 11.4 Å². The predicted octanol–water partition coefficient (Wildman–Crippen LogP) is 4.72. The molecule has 1 aliphatic carbocycles. The zero-order valence-electron chi connectivity index (χ0n) is 17.3. The topological polar surface area (TPSA) is 67.4 Å². The maximum Gasteiger partial charge on any atom is 0.268 e. The highest BCUT2D eigenvalue weighted by Gasteiger charge is 2.24. The van der Waals surface area contributed by atoms with E-state index in [1.165, 1.54) is 16.9 Å². The first-order chi connectivity index (χ1) is 15.1.